The van der Waals surface area contributed by atoms with Gasteiger partial charge in [0.05, 0.1) is 0 Å². The first kappa shape index (κ1) is 13.2. The van der Waals surface area contributed by atoms with Gasteiger partial charge in [0.25, 0.3) is 0 Å². The number of nitrogens with one attached hydrogen (secondary N) is 1. The zero-order chi connectivity index (χ0) is 11.8. The topological polar surface area (TPSA) is 47.0 Å². The second kappa shape index (κ2) is 7.41. The first-order valence-corrected chi connectivity index (χ1v) is 5.86. The number of hydrogen-bond donors (Lipinski definition) is 1. The van der Waals surface area contributed by atoms with Crippen molar-refractivity contribution in [3.05, 3.63) is 17.5 Å². The minimum atomic E-state index is 0.265. The molecule has 0 atom stereocenters. The number of hydrogen-bond acceptors (Lipinski definition) is 4. The van der Waals surface area contributed by atoms with E-state index in [0.29, 0.717) is 5.92 Å². The second-order valence-electron chi connectivity index (χ2n) is 3.96. The summed E-state index contributed by atoms with van der Waals surface area (Å²) in [5.41, 5.74) is 0. The molecule has 0 aromatic carbocycles. The SMILES string of the molecule is CC(C)COCCCNc1ccnc(Cl)n1. The number of nitrogens with zero attached hydrogens (tertiary/aromatic N) is 2. The van der Waals surface area contributed by atoms with Gasteiger partial charge in [-0.1, -0.05) is 13.8 Å². The summed E-state index contributed by atoms with van der Waals surface area (Å²) >= 11 is 5.66. The summed E-state index contributed by atoms with van der Waals surface area (Å²) in [5, 5.41) is 3.42. The average molecular weight is 244 g/mol. The Labute approximate surface area is 101 Å². The fourth-order valence-electron chi connectivity index (χ4n) is 1.14. The molecule has 1 aromatic rings. The third-order valence-electron chi connectivity index (χ3n) is 1.85. The van der Waals surface area contributed by atoms with E-state index in [9.17, 15) is 0 Å². The van der Waals surface area contributed by atoms with Crippen molar-refractivity contribution < 1.29 is 4.74 Å². The number of halogens is 1. The molecule has 0 bridgehead atoms. The minimum absolute atomic E-state index is 0.265. The van der Waals surface area contributed by atoms with Crippen molar-refractivity contribution in [2.24, 2.45) is 5.92 Å². The van der Waals surface area contributed by atoms with E-state index in [1.165, 1.54) is 0 Å². The van der Waals surface area contributed by atoms with Crippen LogP contribution in [-0.2, 0) is 4.74 Å². The Bertz CT molecular complexity index is 307. The van der Waals surface area contributed by atoms with Gasteiger partial charge in [0.15, 0.2) is 0 Å². The maximum atomic E-state index is 5.66. The molecule has 16 heavy (non-hydrogen) atoms. The maximum Gasteiger partial charge on any atom is 0.224 e. The highest BCUT2D eigenvalue weighted by Gasteiger charge is 1.96. The zero-order valence-electron chi connectivity index (χ0n) is 9.74. The maximum absolute atomic E-state index is 5.66. The van der Waals surface area contributed by atoms with E-state index < -0.39 is 0 Å². The molecule has 5 heteroatoms. The smallest absolute Gasteiger partial charge is 0.224 e. The minimum Gasteiger partial charge on any atom is -0.381 e. The predicted molar refractivity (Wildman–Crippen MR) is 65.8 cm³/mol. The zero-order valence-corrected chi connectivity index (χ0v) is 10.5. The Morgan fingerprint density at radius 2 is 2.31 bits per heavy atom. The largest absolute Gasteiger partial charge is 0.381 e. The van der Waals surface area contributed by atoms with E-state index in [-0.39, 0.29) is 5.28 Å². The normalized spacial score (nSPS) is 10.8. The summed E-state index contributed by atoms with van der Waals surface area (Å²) in [7, 11) is 0. The second-order valence-corrected chi connectivity index (χ2v) is 4.30. The van der Waals surface area contributed by atoms with E-state index in [1.54, 1.807) is 12.3 Å². The molecule has 0 spiro atoms. The Kier molecular flexibility index (Phi) is 6.11. The van der Waals surface area contributed by atoms with Crippen molar-refractivity contribution in [2.45, 2.75) is 20.3 Å². The molecule has 1 heterocycles. The quantitative estimate of drug-likeness (QED) is 0.591. The van der Waals surface area contributed by atoms with Crippen LogP contribution < -0.4 is 5.32 Å². The first-order valence-electron chi connectivity index (χ1n) is 5.48. The summed E-state index contributed by atoms with van der Waals surface area (Å²) in [4.78, 5) is 7.83. The van der Waals surface area contributed by atoms with E-state index in [2.05, 4.69) is 29.1 Å². The van der Waals surface area contributed by atoms with Crippen LogP contribution in [0.25, 0.3) is 0 Å². The van der Waals surface area contributed by atoms with Gasteiger partial charge >= 0.3 is 0 Å². The molecule has 0 amide bonds. The van der Waals surface area contributed by atoms with Crippen LogP contribution in [-0.4, -0.2) is 29.7 Å². The van der Waals surface area contributed by atoms with Gasteiger partial charge < -0.3 is 10.1 Å². The Hall–Kier alpha value is -0.870. The van der Waals surface area contributed by atoms with Crippen LogP contribution in [0.3, 0.4) is 0 Å². The van der Waals surface area contributed by atoms with Crippen LogP contribution in [0.4, 0.5) is 5.82 Å². The Morgan fingerprint density at radius 1 is 1.50 bits per heavy atom. The van der Waals surface area contributed by atoms with E-state index in [4.69, 9.17) is 16.3 Å². The Balaban J connectivity index is 2.07. The highest BCUT2D eigenvalue weighted by Crippen LogP contribution is 2.05. The van der Waals surface area contributed by atoms with Crippen LogP contribution >= 0.6 is 11.6 Å². The molecular formula is C11H18ClN3O. The van der Waals surface area contributed by atoms with E-state index in [0.717, 1.165) is 32.0 Å². The lowest BCUT2D eigenvalue weighted by Crippen LogP contribution is -2.09. The monoisotopic (exact) mass is 243 g/mol. The van der Waals surface area contributed by atoms with Gasteiger partial charge in [-0.15, -0.1) is 0 Å². The third kappa shape index (κ3) is 5.88. The molecule has 0 saturated carbocycles. The van der Waals surface area contributed by atoms with Crippen molar-refractivity contribution in [3.63, 3.8) is 0 Å². The van der Waals surface area contributed by atoms with Crippen LogP contribution in [0.5, 0.6) is 0 Å². The molecule has 0 aliphatic heterocycles. The summed E-state index contributed by atoms with van der Waals surface area (Å²) in [6, 6.07) is 1.79. The van der Waals surface area contributed by atoms with Gasteiger partial charge in [-0.2, -0.15) is 0 Å². The summed E-state index contributed by atoms with van der Waals surface area (Å²) < 4.78 is 5.46. The van der Waals surface area contributed by atoms with Gasteiger partial charge in [0, 0.05) is 26.0 Å². The number of rotatable bonds is 7. The lowest BCUT2D eigenvalue weighted by Gasteiger charge is -2.07. The molecule has 90 valence electrons. The molecule has 4 nitrogen and oxygen atoms in total. The van der Waals surface area contributed by atoms with Crippen LogP contribution in [0.15, 0.2) is 12.3 Å². The van der Waals surface area contributed by atoms with Gasteiger partial charge in [-0.25, -0.2) is 9.97 Å². The first-order chi connectivity index (χ1) is 7.68. The third-order valence-corrected chi connectivity index (χ3v) is 2.03. The molecule has 0 saturated heterocycles. The fourth-order valence-corrected chi connectivity index (χ4v) is 1.29. The highest BCUT2D eigenvalue weighted by atomic mass is 35.5. The van der Waals surface area contributed by atoms with Crippen molar-refractivity contribution in [3.8, 4) is 0 Å². The molecule has 0 radical (unpaired) electrons. The van der Waals surface area contributed by atoms with Crippen LogP contribution in [0, 0.1) is 5.92 Å². The molecule has 1 rings (SSSR count). The predicted octanol–water partition coefficient (Wildman–Crippen LogP) is 2.60. The molecule has 0 aliphatic rings. The number of ether oxygens (including phenoxy) is 1. The number of aromatic nitrogens is 2. The highest BCUT2D eigenvalue weighted by molar-refractivity contribution is 6.28. The van der Waals surface area contributed by atoms with Crippen LogP contribution in [0.2, 0.25) is 5.28 Å². The van der Waals surface area contributed by atoms with Crippen molar-refractivity contribution in [1.29, 1.82) is 0 Å². The summed E-state index contributed by atoms with van der Waals surface area (Å²) in [6.45, 7) is 6.69. The average Bonchev–Trinajstić information content (AvgIpc) is 2.23. The molecule has 0 unspecified atom stereocenters. The van der Waals surface area contributed by atoms with Crippen molar-refractivity contribution in [1.82, 2.24) is 9.97 Å². The van der Waals surface area contributed by atoms with E-state index >= 15 is 0 Å². The van der Waals surface area contributed by atoms with Gasteiger partial charge in [0.2, 0.25) is 5.28 Å². The summed E-state index contributed by atoms with van der Waals surface area (Å²) in [5.74, 6) is 1.34. The molecular weight excluding hydrogens is 226 g/mol. The van der Waals surface area contributed by atoms with Gasteiger partial charge in [0.1, 0.15) is 5.82 Å². The fraction of sp³-hybridized carbons (Fsp3) is 0.636. The molecule has 1 aromatic heterocycles. The lowest BCUT2D eigenvalue weighted by molar-refractivity contribution is 0.110. The van der Waals surface area contributed by atoms with Gasteiger partial charge in [-0.05, 0) is 30.0 Å². The molecule has 0 fully saturated rings. The molecule has 1 N–H and O–H groups in total. The summed E-state index contributed by atoms with van der Waals surface area (Å²) in [6.07, 6.45) is 2.58. The molecule has 0 aliphatic carbocycles. The Morgan fingerprint density at radius 3 is 3.00 bits per heavy atom. The number of anilines is 1. The van der Waals surface area contributed by atoms with Gasteiger partial charge in [-0.3, -0.25) is 0 Å². The van der Waals surface area contributed by atoms with Crippen molar-refractivity contribution >= 4 is 17.4 Å². The lowest BCUT2D eigenvalue weighted by atomic mass is 10.2. The van der Waals surface area contributed by atoms with E-state index in [1.807, 2.05) is 0 Å². The van der Waals surface area contributed by atoms with Crippen molar-refractivity contribution in [2.75, 3.05) is 25.1 Å². The standard InChI is InChI=1S/C11H18ClN3O/c1-9(2)8-16-7-3-5-13-10-4-6-14-11(12)15-10/h4,6,9H,3,5,7-8H2,1-2H3,(H,13,14,15). The van der Waals surface area contributed by atoms with Crippen LogP contribution in [0.1, 0.15) is 20.3 Å².